The molecule has 0 saturated carbocycles. The van der Waals surface area contributed by atoms with Crippen molar-refractivity contribution in [2.45, 2.75) is 37.9 Å². The molecule has 4 aromatic rings. The van der Waals surface area contributed by atoms with Gasteiger partial charge in [-0.25, -0.2) is 9.78 Å². The van der Waals surface area contributed by atoms with Crippen LogP contribution in [0, 0.1) is 5.92 Å². The fraction of sp³-hybridized carbons (Fsp3) is 0.393. The number of hydrogen-bond acceptors (Lipinski definition) is 6. The molecule has 2 unspecified atom stereocenters. The van der Waals surface area contributed by atoms with Crippen LogP contribution in [0.15, 0.2) is 65.5 Å². The summed E-state index contributed by atoms with van der Waals surface area (Å²) in [7, 11) is 0. The van der Waals surface area contributed by atoms with Gasteiger partial charge in [-0.1, -0.05) is 18.2 Å². The zero-order valence-corrected chi connectivity index (χ0v) is 21.5. The summed E-state index contributed by atoms with van der Waals surface area (Å²) >= 11 is 1.82. The number of urea groups is 1. The number of likely N-dealkylation sites (tertiary alicyclic amines) is 2. The summed E-state index contributed by atoms with van der Waals surface area (Å²) in [5.74, 6) is 0.190. The van der Waals surface area contributed by atoms with Gasteiger partial charge in [0.2, 0.25) is 0 Å². The van der Waals surface area contributed by atoms with Gasteiger partial charge in [-0.2, -0.15) is 5.10 Å². The number of nitrogens with zero attached hydrogens (tertiary/aromatic N) is 5. The lowest BCUT2D eigenvalue weighted by atomic mass is 9.87. The van der Waals surface area contributed by atoms with Crippen molar-refractivity contribution >= 4 is 38.8 Å². The number of pyridine rings is 1. The molecule has 2 amide bonds. The number of imidazole rings is 1. The SMILES string of the molecule is O=C(N[C@@H]1CCCN(Cc2csc3ccccc23)C1)N1CCC2NN=C(c3ccc4nccn4c3)C2C1. The van der Waals surface area contributed by atoms with Gasteiger partial charge in [0.05, 0.1) is 11.8 Å². The van der Waals surface area contributed by atoms with E-state index in [4.69, 9.17) is 0 Å². The molecule has 2 saturated heterocycles. The molecule has 3 aromatic heterocycles. The molecule has 3 atom stereocenters. The molecule has 3 aliphatic rings. The van der Waals surface area contributed by atoms with Crippen molar-refractivity contribution in [2.75, 3.05) is 26.2 Å². The third-order valence-electron chi connectivity index (χ3n) is 8.07. The van der Waals surface area contributed by atoms with Crippen LogP contribution in [0.3, 0.4) is 0 Å². The minimum atomic E-state index is 0.0580. The lowest BCUT2D eigenvalue weighted by molar-refractivity contribution is 0.148. The van der Waals surface area contributed by atoms with Gasteiger partial charge in [0.15, 0.2) is 0 Å². The van der Waals surface area contributed by atoms with Gasteiger partial charge in [0.25, 0.3) is 0 Å². The Morgan fingerprint density at radius 1 is 1.14 bits per heavy atom. The van der Waals surface area contributed by atoms with E-state index < -0.39 is 0 Å². The minimum Gasteiger partial charge on any atom is -0.334 e. The van der Waals surface area contributed by atoms with E-state index >= 15 is 0 Å². The normalized spacial score (nSPS) is 24.2. The van der Waals surface area contributed by atoms with Crippen molar-refractivity contribution in [3.05, 3.63) is 71.5 Å². The second-order valence-corrected chi connectivity index (χ2v) is 11.4. The first-order chi connectivity index (χ1) is 18.2. The smallest absolute Gasteiger partial charge is 0.317 e. The Kier molecular flexibility index (Phi) is 5.82. The number of fused-ring (bicyclic) bond motifs is 3. The maximum atomic E-state index is 13.4. The van der Waals surface area contributed by atoms with Crippen molar-refractivity contribution in [1.82, 2.24) is 29.9 Å². The van der Waals surface area contributed by atoms with E-state index in [0.29, 0.717) is 6.54 Å². The van der Waals surface area contributed by atoms with Crippen LogP contribution >= 0.6 is 11.3 Å². The second-order valence-electron chi connectivity index (χ2n) is 10.5. The highest BCUT2D eigenvalue weighted by Gasteiger charge is 2.39. The van der Waals surface area contributed by atoms with Crippen molar-refractivity contribution in [2.24, 2.45) is 11.0 Å². The molecule has 9 heteroatoms. The Hall–Kier alpha value is -3.43. The minimum absolute atomic E-state index is 0.0580. The summed E-state index contributed by atoms with van der Waals surface area (Å²) in [6.45, 7) is 4.35. The average Bonchev–Trinajstić information content (AvgIpc) is 3.67. The molecule has 37 heavy (non-hydrogen) atoms. The largest absolute Gasteiger partial charge is 0.334 e. The van der Waals surface area contributed by atoms with E-state index in [1.54, 1.807) is 6.20 Å². The number of hydrazone groups is 1. The Morgan fingerprint density at radius 2 is 2.08 bits per heavy atom. The Morgan fingerprint density at radius 3 is 3.05 bits per heavy atom. The average molecular weight is 514 g/mol. The summed E-state index contributed by atoms with van der Waals surface area (Å²) in [5.41, 5.74) is 7.75. The summed E-state index contributed by atoms with van der Waals surface area (Å²) < 4.78 is 3.36. The zero-order chi connectivity index (χ0) is 24.8. The second kappa shape index (κ2) is 9.46. The Bertz CT molecular complexity index is 1480. The number of benzene rings is 1. The maximum Gasteiger partial charge on any atom is 0.317 e. The number of aromatic nitrogens is 2. The molecular formula is C28H31N7OS. The molecule has 7 rings (SSSR count). The van der Waals surface area contributed by atoms with Gasteiger partial charge in [-0.05, 0) is 60.3 Å². The molecule has 6 heterocycles. The van der Waals surface area contributed by atoms with Crippen LogP contribution in [-0.4, -0.2) is 69.2 Å². The quantitative estimate of drug-likeness (QED) is 0.434. The van der Waals surface area contributed by atoms with Crippen LogP contribution in [0.1, 0.15) is 30.4 Å². The first kappa shape index (κ1) is 22.7. The van der Waals surface area contributed by atoms with Gasteiger partial charge in [-0.15, -0.1) is 11.3 Å². The molecule has 3 aliphatic heterocycles. The van der Waals surface area contributed by atoms with Crippen LogP contribution in [0.2, 0.25) is 0 Å². The summed E-state index contributed by atoms with van der Waals surface area (Å²) in [5, 5.41) is 11.7. The van der Waals surface area contributed by atoms with Gasteiger partial charge in [0.1, 0.15) is 5.65 Å². The fourth-order valence-electron chi connectivity index (χ4n) is 6.13. The maximum absolute atomic E-state index is 13.4. The molecular weight excluding hydrogens is 482 g/mol. The van der Waals surface area contributed by atoms with E-state index in [9.17, 15) is 4.79 Å². The molecule has 0 radical (unpaired) electrons. The summed E-state index contributed by atoms with van der Waals surface area (Å²) in [6, 6.07) is 13.3. The molecule has 0 spiro atoms. The van der Waals surface area contributed by atoms with Crippen LogP contribution in [0.4, 0.5) is 4.79 Å². The molecule has 8 nitrogen and oxygen atoms in total. The highest BCUT2D eigenvalue weighted by atomic mass is 32.1. The number of hydrogen-bond donors (Lipinski definition) is 2. The van der Waals surface area contributed by atoms with Crippen molar-refractivity contribution in [1.29, 1.82) is 0 Å². The zero-order valence-electron chi connectivity index (χ0n) is 20.7. The number of rotatable bonds is 4. The highest BCUT2D eigenvalue weighted by Crippen LogP contribution is 2.29. The predicted octanol–water partition coefficient (Wildman–Crippen LogP) is 3.92. The molecule has 2 fully saturated rings. The number of carbonyl (C=O) groups excluding carboxylic acids is 1. The molecule has 0 bridgehead atoms. The number of carbonyl (C=O) groups is 1. The third-order valence-corrected chi connectivity index (χ3v) is 9.09. The van der Waals surface area contributed by atoms with Crippen LogP contribution < -0.4 is 10.7 Å². The van der Waals surface area contributed by atoms with Gasteiger partial charge in [0, 0.05) is 67.0 Å². The lowest BCUT2D eigenvalue weighted by Gasteiger charge is -2.38. The number of nitrogens with one attached hydrogen (secondary N) is 2. The highest BCUT2D eigenvalue weighted by molar-refractivity contribution is 7.17. The summed E-state index contributed by atoms with van der Waals surface area (Å²) in [6.07, 6.45) is 8.88. The molecule has 0 aliphatic carbocycles. The number of thiophene rings is 1. The van der Waals surface area contributed by atoms with E-state index in [1.807, 2.05) is 32.9 Å². The van der Waals surface area contributed by atoms with E-state index in [0.717, 1.165) is 62.4 Å². The predicted molar refractivity (Wildman–Crippen MR) is 147 cm³/mol. The third kappa shape index (κ3) is 4.36. The Balaban J connectivity index is 0.991. The van der Waals surface area contributed by atoms with Gasteiger partial charge < -0.3 is 20.0 Å². The van der Waals surface area contributed by atoms with Gasteiger partial charge >= 0.3 is 6.03 Å². The standard InChI is InChI=1S/C28H31N7OS/c36-28(30-21-4-3-11-33(16-21)14-20-18-37-25-6-2-1-5-22(20)25)35-12-9-24-23(17-35)27(32-31-24)19-7-8-26-29-10-13-34(26)15-19/h1-2,5-8,10,13,15,18,21,23-24,31H,3-4,9,11-12,14,16-17H2,(H,30,36)/t21-,23?,24?/m1/s1. The van der Waals surface area contributed by atoms with E-state index in [2.05, 4.69) is 67.6 Å². The van der Waals surface area contributed by atoms with Crippen molar-refractivity contribution in [3.8, 4) is 0 Å². The van der Waals surface area contributed by atoms with Gasteiger partial charge in [-0.3, -0.25) is 4.90 Å². The van der Waals surface area contributed by atoms with Crippen molar-refractivity contribution < 1.29 is 4.79 Å². The van der Waals surface area contributed by atoms with Crippen LogP contribution in [0.5, 0.6) is 0 Å². The van der Waals surface area contributed by atoms with Crippen LogP contribution in [0.25, 0.3) is 15.7 Å². The fourth-order valence-corrected chi connectivity index (χ4v) is 7.09. The molecule has 2 N–H and O–H groups in total. The summed E-state index contributed by atoms with van der Waals surface area (Å²) in [4.78, 5) is 22.2. The van der Waals surface area contributed by atoms with E-state index in [-0.39, 0.29) is 24.0 Å². The monoisotopic (exact) mass is 513 g/mol. The number of amides is 2. The first-order valence-electron chi connectivity index (χ1n) is 13.2. The Labute approximate surface area is 220 Å². The lowest BCUT2D eigenvalue weighted by Crippen LogP contribution is -2.56. The van der Waals surface area contributed by atoms with E-state index in [1.165, 1.54) is 15.6 Å². The molecule has 1 aromatic carbocycles. The molecule has 190 valence electrons. The first-order valence-corrected chi connectivity index (χ1v) is 14.1. The topological polar surface area (TPSA) is 77.3 Å². The van der Waals surface area contributed by atoms with Crippen LogP contribution in [-0.2, 0) is 6.54 Å². The number of piperidine rings is 2. The van der Waals surface area contributed by atoms with Crippen molar-refractivity contribution in [3.63, 3.8) is 0 Å².